The molecule has 0 radical (unpaired) electrons. The van der Waals surface area contributed by atoms with Crippen molar-refractivity contribution >= 4 is 22.6 Å². The van der Waals surface area contributed by atoms with Crippen LogP contribution in [0.4, 0.5) is 0 Å². The van der Waals surface area contributed by atoms with Gasteiger partial charge in [0.15, 0.2) is 0 Å². The van der Waals surface area contributed by atoms with E-state index in [1.807, 2.05) is 36.4 Å². The monoisotopic (exact) mass is 380 g/mol. The zero-order valence-electron chi connectivity index (χ0n) is 15.3. The molecule has 0 fully saturated rings. The van der Waals surface area contributed by atoms with Crippen LogP contribution >= 0.6 is 0 Å². The molecule has 0 spiro atoms. The number of nitrogens with one attached hydrogen (secondary N) is 1. The fraction of sp³-hybridized carbons (Fsp3) is 0.143. The molecule has 0 bridgehead atoms. The van der Waals surface area contributed by atoms with Crippen molar-refractivity contribution in [2.75, 3.05) is 20.3 Å². The fourth-order valence-corrected chi connectivity index (χ4v) is 2.76. The van der Waals surface area contributed by atoms with Crippen LogP contribution in [0.5, 0.6) is 5.75 Å². The van der Waals surface area contributed by atoms with E-state index in [1.54, 1.807) is 23.7 Å². The van der Waals surface area contributed by atoms with Crippen molar-refractivity contribution in [2.24, 2.45) is 0 Å². The van der Waals surface area contributed by atoms with Crippen molar-refractivity contribution in [1.82, 2.24) is 10.5 Å². The zero-order valence-corrected chi connectivity index (χ0v) is 15.3. The fourth-order valence-electron chi connectivity index (χ4n) is 2.76. The van der Waals surface area contributed by atoms with Crippen molar-refractivity contribution in [2.45, 2.75) is 0 Å². The Morgan fingerprint density at radius 3 is 2.32 bits per heavy atom. The number of rotatable bonds is 7. The Hall–Kier alpha value is -3.42. The van der Waals surface area contributed by atoms with Gasteiger partial charge in [-0.3, -0.25) is 19.6 Å². The summed E-state index contributed by atoms with van der Waals surface area (Å²) in [7, 11) is 1.43. The highest BCUT2D eigenvalue weighted by Gasteiger charge is 2.16. The minimum Gasteiger partial charge on any atom is -0.492 e. The molecule has 0 aliphatic rings. The Labute approximate surface area is 162 Å². The summed E-state index contributed by atoms with van der Waals surface area (Å²) in [5, 5.41) is 11.9. The van der Waals surface area contributed by atoms with Gasteiger partial charge in [-0.1, -0.05) is 30.3 Å². The average Bonchev–Trinajstić information content (AvgIpc) is 2.76. The lowest BCUT2D eigenvalue weighted by atomic mass is 10.1. The van der Waals surface area contributed by atoms with E-state index < -0.39 is 5.91 Å². The Balaban J connectivity index is 1.60. The van der Waals surface area contributed by atoms with Gasteiger partial charge in [0.05, 0.1) is 13.7 Å². The number of hydrogen-bond acceptors (Lipinski definition) is 5. The summed E-state index contributed by atoms with van der Waals surface area (Å²) < 4.78 is 5.59. The highest BCUT2D eigenvalue weighted by atomic mass is 16.7. The summed E-state index contributed by atoms with van der Waals surface area (Å²) in [6.45, 7) is 0.430. The molecule has 0 aliphatic heterocycles. The van der Waals surface area contributed by atoms with Gasteiger partial charge in [0.2, 0.25) is 0 Å². The molecule has 0 atom stereocenters. The maximum atomic E-state index is 12.7. The maximum absolute atomic E-state index is 12.7. The van der Waals surface area contributed by atoms with Crippen molar-refractivity contribution < 1.29 is 24.4 Å². The molecule has 0 heterocycles. The topological polar surface area (TPSA) is 88.1 Å². The first kappa shape index (κ1) is 19.3. The molecule has 7 nitrogen and oxygen atoms in total. The Bertz CT molecular complexity index is 972. The summed E-state index contributed by atoms with van der Waals surface area (Å²) in [5.74, 6) is -0.325. The first-order valence-electron chi connectivity index (χ1n) is 8.64. The zero-order chi connectivity index (χ0) is 19.9. The van der Waals surface area contributed by atoms with Gasteiger partial charge in [-0.15, -0.1) is 0 Å². The van der Waals surface area contributed by atoms with Crippen LogP contribution in [0.3, 0.4) is 0 Å². The van der Waals surface area contributed by atoms with Crippen LogP contribution in [-0.4, -0.2) is 42.3 Å². The number of carbonyl (C=O) groups excluding carboxylic acids is 2. The van der Waals surface area contributed by atoms with Gasteiger partial charge in [-0.2, -0.15) is 0 Å². The van der Waals surface area contributed by atoms with Crippen molar-refractivity contribution in [3.05, 3.63) is 77.9 Å². The first-order valence-corrected chi connectivity index (χ1v) is 8.64. The molecule has 3 rings (SSSR count). The number of hydrogen-bond donors (Lipinski definition) is 2. The van der Waals surface area contributed by atoms with Crippen LogP contribution in [0.25, 0.3) is 10.8 Å². The Kier molecular flexibility index (Phi) is 6.21. The summed E-state index contributed by atoms with van der Waals surface area (Å²) in [4.78, 5) is 29.2. The van der Waals surface area contributed by atoms with Crippen LogP contribution in [0.2, 0.25) is 0 Å². The van der Waals surface area contributed by atoms with E-state index in [-0.39, 0.29) is 19.1 Å². The largest absolute Gasteiger partial charge is 0.492 e. The van der Waals surface area contributed by atoms with E-state index in [2.05, 4.69) is 0 Å². The lowest BCUT2D eigenvalue weighted by Gasteiger charge is -2.20. The second-order valence-corrected chi connectivity index (χ2v) is 5.97. The van der Waals surface area contributed by atoms with E-state index in [0.29, 0.717) is 16.9 Å². The van der Waals surface area contributed by atoms with E-state index in [0.717, 1.165) is 10.8 Å². The van der Waals surface area contributed by atoms with E-state index in [9.17, 15) is 9.59 Å². The predicted octanol–water partition coefficient (Wildman–Crippen LogP) is 3.04. The molecular formula is C21H20N2O5. The minimum atomic E-state index is -0.599. The third-order valence-corrected chi connectivity index (χ3v) is 4.22. The molecule has 0 aliphatic carbocycles. The van der Waals surface area contributed by atoms with E-state index in [4.69, 9.17) is 14.8 Å². The van der Waals surface area contributed by atoms with Crippen LogP contribution in [0, 0.1) is 0 Å². The molecule has 3 aromatic carbocycles. The third kappa shape index (κ3) is 4.46. The van der Waals surface area contributed by atoms with Crippen LogP contribution in [-0.2, 0) is 4.84 Å². The second kappa shape index (κ2) is 8.98. The lowest BCUT2D eigenvalue weighted by molar-refractivity contribution is -0.0994. The van der Waals surface area contributed by atoms with Gasteiger partial charge in [-0.05, 0) is 47.2 Å². The molecule has 3 aromatic rings. The number of ether oxygens (including phenoxy) is 1. The molecule has 2 amide bonds. The van der Waals surface area contributed by atoms with Gasteiger partial charge >= 0.3 is 0 Å². The van der Waals surface area contributed by atoms with Crippen LogP contribution in [0.15, 0.2) is 66.7 Å². The first-order chi connectivity index (χ1) is 13.6. The number of benzene rings is 3. The molecule has 2 N–H and O–H groups in total. The highest BCUT2D eigenvalue weighted by molar-refractivity contribution is 5.98. The number of carbonyl (C=O) groups is 2. The lowest BCUT2D eigenvalue weighted by Crippen LogP contribution is -2.33. The molecule has 0 saturated carbocycles. The summed E-state index contributed by atoms with van der Waals surface area (Å²) >= 11 is 0. The number of hydroxylamine groups is 3. The van der Waals surface area contributed by atoms with Crippen molar-refractivity contribution in [1.29, 1.82) is 0 Å². The van der Waals surface area contributed by atoms with Gasteiger partial charge in [0.25, 0.3) is 11.8 Å². The predicted molar refractivity (Wildman–Crippen MR) is 103 cm³/mol. The molecule has 0 unspecified atom stereocenters. The molecule has 28 heavy (non-hydrogen) atoms. The van der Waals surface area contributed by atoms with E-state index in [1.165, 1.54) is 24.3 Å². The van der Waals surface area contributed by atoms with Crippen LogP contribution in [0.1, 0.15) is 20.7 Å². The maximum Gasteiger partial charge on any atom is 0.277 e. The number of amides is 2. The average molecular weight is 380 g/mol. The Morgan fingerprint density at radius 1 is 0.964 bits per heavy atom. The smallest absolute Gasteiger partial charge is 0.277 e. The van der Waals surface area contributed by atoms with Crippen LogP contribution < -0.4 is 10.2 Å². The Morgan fingerprint density at radius 2 is 1.64 bits per heavy atom. The van der Waals surface area contributed by atoms with Crippen molar-refractivity contribution in [3.8, 4) is 5.75 Å². The molecule has 0 aromatic heterocycles. The SMILES string of the molecule is CON(CCOc1ccc(C(=O)NO)cc1)C(=O)c1ccc2ccccc2c1. The highest BCUT2D eigenvalue weighted by Crippen LogP contribution is 2.17. The normalized spacial score (nSPS) is 10.5. The van der Waals surface area contributed by atoms with Crippen molar-refractivity contribution in [3.63, 3.8) is 0 Å². The number of fused-ring (bicyclic) bond motifs is 1. The molecule has 0 saturated heterocycles. The summed E-state index contributed by atoms with van der Waals surface area (Å²) in [6.07, 6.45) is 0. The molecule has 7 heteroatoms. The van der Waals surface area contributed by atoms with Gasteiger partial charge in [0, 0.05) is 11.1 Å². The number of nitrogens with zero attached hydrogens (tertiary/aromatic N) is 1. The van der Waals surface area contributed by atoms with E-state index >= 15 is 0 Å². The standard InChI is InChI=1S/C21H20N2O5/c1-27-23(12-13-28-19-10-8-16(9-11-19)20(24)22-26)21(25)18-7-6-15-4-2-3-5-17(15)14-18/h2-11,14,26H,12-13H2,1H3,(H,22,24). The van der Waals surface area contributed by atoms with Gasteiger partial charge in [0.1, 0.15) is 12.4 Å². The summed E-state index contributed by atoms with van der Waals surface area (Å²) in [6, 6.07) is 19.6. The third-order valence-electron chi connectivity index (χ3n) is 4.22. The molecular weight excluding hydrogens is 360 g/mol. The molecule has 144 valence electrons. The summed E-state index contributed by atoms with van der Waals surface area (Å²) in [5.41, 5.74) is 2.40. The van der Waals surface area contributed by atoms with Gasteiger partial charge < -0.3 is 4.74 Å². The quantitative estimate of drug-likeness (QED) is 0.486. The second-order valence-electron chi connectivity index (χ2n) is 5.97. The van der Waals surface area contributed by atoms with Gasteiger partial charge in [-0.25, -0.2) is 10.5 Å². The minimum absolute atomic E-state index is 0.207.